The Hall–Kier alpha value is -0.960. The molecule has 1 aromatic carbocycles. The van der Waals surface area contributed by atoms with Crippen molar-refractivity contribution in [2.24, 2.45) is 5.92 Å². The lowest BCUT2D eigenvalue weighted by Crippen LogP contribution is -2.27. The molecule has 0 aromatic heterocycles. The Morgan fingerprint density at radius 2 is 2.07 bits per heavy atom. The first-order chi connectivity index (χ1) is 7.25. The van der Waals surface area contributed by atoms with Crippen LogP contribution in [-0.4, -0.2) is 20.5 Å². The van der Waals surface area contributed by atoms with Crippen LogP contribution >= 0.6 is 0 Å². The van der Waals surface area contributed by atoms with Crippen LogP contribution in [0.15, 0.2) is 30.3 Å². The maximum absolute atomic E-state index is 12.2. The van der Waals surface area contributed by atoms with Crippen LogP contribution in [0.5, 0.6) is 0 Å². The lowest BCUT2D eigenvalue weighted by atomic mass is 10.1. The number of carbonyl (C=O) groups excluding carboxylic acids is 1. The summed E-state index contributed by atoms with van der Waals surface area (Å²) in [6.45, 7) is 0. The molecular formula is C12H12O2S. The molecule has 0 bridgehead atoms. The van der Waals surface area contributed by atoms with E-state index >= 15 is 0 Å². The smallest absolute Gasteiger partial charge is 0.181 e. The maximum atomic E-state index is 12.2. The molecule has 1 saturated heterocycles. The Morgan fingerprint density at radius 1 is 1.33 bits per heavy atom. The monoisotopic (exact) mass is 220 g/mol. The maximum Gasteiger partial charge on any atom is 0.181 e. The number of carbonyl (C=O) groups is 1. The van der Waals surface area contributed by atoms with Crippen molar-refractivity contribution in [1.82, 2.24) is 0 Å². The molecule has 2 fully saturated rings. The first-order valence-electron chi connectivity index (χ1n) is 5.23. The van der Waals surface area contributed by atoms with E-state index in [-0.39, 0.29) is 5.78 Å². The molecule has 3 rings (SSSR count). The minimum absolute atomic E-state index is 0.101. The molecular weight excluding hydrogens is 208 g/mol. The molecule has 2 nitrogen and oxygen atoms in total. The first-order valence-corrected chi connectivity index (χ1v) is 6.55. The average Bonchev–Trinajstić information content (AvgIpc) is 2.94. The van der Waals surface area contributed by atoms with Gasteiger partial charge in [0.1, 0.15) is 4.75 Å². The van der Waals surface area contributed by atoms with E-state index in [0.29, 0.717) is 11.7 Å². The SMILES string of the molecule is O=C(c1ccccc1)[C@@]12C[C@@H]1CC[S@@]2=O. The highest BCUT2D eigenvalue weighted by Gasteiger charge is 2.67. The minimum Gasteiger partial charge on any atom is -0.292 e. The number of ketones is 1. The standard InChI is InChI=1S/C12H12O2S/c13-11(9-4-2-1-3-5-9)12-8-10(12)6-7-15(12)14/h1-5,10H,6-8H2/t10-,12+,15-/m0/s1. The summed E-state index contributed by atoms with van der Waals surface area (Å²) in [5, 5.41) is 0. The molecule has 0 amide bonds. The zero-order valence-corrected chi connectivity index (χ0v) is 9.13. The van der Waals surface area contributed by atoms with Crippen molar-refractivity contribution in [1.29, 1.82) is 0 Å². The molecule has 3 heteroatoms. The number of rotatable bonds is 2. The predicted molar refractivity (Wildman–Crippen MR) is 59.2 cm³/mol. The summed E-state index contributed by atoms with van der Waals surface area (Å²) >= 11 is 0. The van der Waals surface area contributed by atoms with Gasteiger partial charge in [0.15, 0.2) is 5.78 Å². The predicted octanol–water partition coefficient (Wildman–Crippen LogP) is 1.78. The second-order valence-corrected chi connectivity index (χ2v) is 6.15. The summed E-state index contributed by atoms with van der Waals surface area (Å²) in [5.74, 6) is 1.21. The van der Waals surface area contributed by atoms with E-state index in [0.717, 1.165) is 18.4 Å². The van der Waals surface area contributed by atoms with E-state index in [1.807, 2.05) is 30.3 Å². The molecule has 3 atom stereocenters. The Kier molecular flexibility index (Phi) is 1.87. The van der Waals surface area contributed by atoms with Crippen molar-refractivity contribution in [3.8, 4) is 0 Å². The van der Waals surface area contributed by atoms with Gasteiger partial charge in [-0.2, -0.15) is 0 Å². The molecule has 2 aliphatic rings. The minimum atomic E-state index is -0.932. The van der Waals surface area contributed by atoms with Gasteiger partial charge >= 0.3 is 0 Å². The fourth-order valence-electron chi connectivity index (χ4n) is 2.57. The zero-order valence-electron chi connectivity index (χ0n) is 8.31. The molecule has 0 unspecified atom stereocenters. The third-order valence-electron chi connectivity index (χ3n) is 3.53. The summed E-state index contributed by atoms with van der Waals surface area (Å²) < 4.78 is 11.4. The molecule has 1 saturated carbocycles. The van der Waals surface area contributed by atoms with Gasteiger partial charge in [0.25, 0.3) is 0 Å². The first kappa shape index (κ1) is 9.28. The number of benzene rings is 1. The summed E-state index contributed by atoms with van der Waals surface area (Å²) in [5.41, 5.74) is 0.718. The van der Waals surface area contributed by atoms with E-state index in [4.69, 9.17) is 0 Å². The van der Waals surface area contributed by atoms with Gasteiger partial charge in [-0.3, -0.25) is 9.00 Å². The third-order valence-corrected chi connectivity index (χ3v) is 5.63. The van der Waals surface area contributed by atoms with E-state index in [1.165, 1.54) is 0 Å². The molecule has 1 aliphatic carbocycles. The van der Waals surface area contributed by atoms with Crippen LogP contribution in [0.2, 0.25) is 0 Å². The summed E-state index contributed by atoms with van der Waals surface area (Å²) in [7, 11) is -0.932. The van der Waals surface area contributed by atoms with Crippen molar-refractivity contribution in [3.63, 3.8) is 0 Å². The number of hydrogen-bond acceptors (Lipinski definition) is 2. The molecule has 78 valence electrons. The van der Waals surface area contributed by atoms with Gasteiger partial charge in [-0.1, -0.05) is 30.3 Å². The number of Topliss-reactive ketones (excluding diaryl/α,β-unsaturated/α-hetero) is 1. The van der Waals surface area contributed by atoms with Gasteiger partial charge in [-0.05, 0) is 18.8 Å². The van der Waals surface area contributed by atoms with E-state index in [2.05, 4.69) is 0 Å². The molecule has 0 spiro atoms. The molecule has 1 aromatic rings. The Morgan fingerprint density at radius 3 is 2.60 bits per heavy atom. The van der Waals surface area contributed by atoms with Crippen molar-refractivity contribution >= 4 is 16.6 Å². The molecule has 1 heterocycles. The molecule has 15 heavy (non-hydrogen) atoms. The Bertz CT molecular complexity index is 440. The fraction of sp³-hybridized carbons (Fsp3) is 0.417. The van der Waals surface area contributed by atoms with Crippen LogP contribution in [0.25, 0.3) is 0 Å². The van der Waals surface area contributed by atoms with Crippen LogP contribution in [0.1, 0.15) is 23.2 Å². The van der Waals surface area contributed by atoms with Crippen LogP contribution in [0.4, 0.5) is 0 Å². The van der Waals surface area contributed by atoms with Crippen LogP contribution in [0.3, 0.4) is 0 Å². The van der Waals surface area contributed by atoms with Crippen molar-refractivity contribution in [3.05, 3.63) is 35.9 Å². The second-order valence-electron chi connectivity index (χ2n) is 4.32. The summed E-state index contributed by atoms with van der Waals surface area (Å²) in [6.07, 6.45) is 1.80. The highest BCUT2D eigenvalue weighted by Crippen LogP contribution is 2.57. The second kappa shape index (κ2) is 3.01. The quantitative estimate of drug-likeness (QED) is 0.712. The van der Waals surface area contributed by atoms with E-state index in [9.17, 15) is 9.00 Å². The van der Waals surface area contributed by atoms with Crippen molar-refractivity contribution in [2.75, 3.05) is 5.75 Å². The van der Waals surface area contributed by atoms with Gasteiger partial charge in [-0.25, -0.2) is 0 Å². The summed E-state index contributed by atoms with van der Waals surface area (Å²) in [6, 6.07) is 9.26. The van der Waals surface area contributed by atoms with Crippen LogP contribution < -0.4 is 0 Å². The third kappa shape index (κ3) is 1.16. The lowest BCUT2D eigenvalue weighted by Gasteiger charge is -2.09. The number of hydrogen-bond donors (Lipinski definition) is 0. The zero-order chi connectivity index (χ0) is 10.5. The highest BCUT2D eigenvalue weighted by molar-refractivity contribution is 7.88. The Balaban J connectivity index is 1.97. The van der Waals surface area contributed by atoms with Crippen molar-refractivity contribution < 1.29 is 9.00 Å². The topological polar surface area (TPSA) is 34.1 Å². The molecule has 0 N–H and O–H groups in total. The van der Waals surface area contributed by atoms with Crippen molar-refractivity contribution in [2.45, 2.75) is 17.6 Å². The van der Waals surface area contributed by atoms with Crippen LogP contribution in [-0.2, 0) is 10.8 Å². The Labute approximate surface area is 91.1 Å². The normalized spacial score (nSPS) is 37.3. The van der Waals surface area contributed by atoms with E-state index in [1.54, 1.807) is 0 Å². The van der Waals surface area contributed by atoms with Crippen LogP contribution in [0, 0.1) is 5.92 Å². The lowest BCUT2D eigenvalue weighted by molar-refractivity contribution is 0.0976. The van der Waals surface area contributed by atoms with Gasteiger partial charge < -0.3 is 0 Å². The van der Waals surface area contributed by atoms with Gasteiger partial charge in [0.2, 0.25) is 0 Å². The average molecular weight is 220 g/mol. The fourth-order valence-corrected chi connectivity index (χ4v) is 4.63. The summed E-state index contributed by atoms with van der Waals surface area (Å²) in [4.78, 5) is 12.2. The highest BCUT2D eigenvalue weighted by atomic mass is 32.2. The molecule has 1 aliphatic heterocycles. The van der Waals surface area contributed by atoms with Gasteiger partial charge in [-0.15, -0.1) is 0 Å². The number of fused-ring (bicyclic) bond motifs is 1. The van der Waals surface area contributed by atoms with Gasteiger partial charge in [0, 0.05) is 22.1 Å². The van der Waals surface area contributed by atoms with Gasteiger partial charge in [0.05, 0.1) is 0 Å². The van der Waals surface area contributed by atoms with E-state index < -0.39 is 15.5 Å². The molecule has 0 radical (unpaired) electrons. The largest absolute Gasteiger partial charge is 0.292 e.